The molecule has 1 amide bonds. The van der Waals surface area contributed by atoms with E-state index in [1.807, 2.05) is 6.92 Å². The van der Waals surface area contributed by atoms with Crippen molar-refractivity contribution in [2.24, 2.45) is 11.8 Å². The van der Waals surface area contributed by atoms with Crippen LogP contribution < -0.4 is 5.32 Å². The third-order valence-corrected chi connectivity index (χ3v) is 2.22. The van der Waals surface area contributed by atoms with Gasteiger partial charge in [-0.15, -0.1) is 0 Å². The van der Waals surface area contributed by atoms with Gasteiger partial charge in [-0.25, -0.2) is 0 Å². The first-order valence-electron chi connectivity index (χ1n) is 5.43. The van der Waals surface area contributed by atoms with Crippen LogP contribution in [0.1, 0.15) is 40.0 Å². The molecule has 84 valence electrons. The quantitative estimate of drug-likeness (QED) is 0.656. The van der Waals surface area contributed by atoms with Crippen LogP contribution in [0.25, 0.3) is 0 Å². The Morgan fingerprint density at radius 3 is 2.43 bits per heavy atom. The first-order chi connectivity index (χ1) is 6.56. The number of hydrogen-bond donors (Lipinski definition) is 2. The van der Waals surface area contributed by atoms with Gasteiger partial charge in [-0.2, -0.15) is 0 Å². The van der Waals surface area contributed by atoms with E-state index in [1.165, 1.54) is 0 Å². The fourth-order valence-electron chi connectivity index (χ4n) is 1.12. The highest BCUT2D eigenvalue weighted by molar-refractivity contribution is 5.75. The average Bonchev–Trinajstić information content (AvgIpc) is 2.12. The zero-order valence-electron chi connectivity index (χ0n) is 9.55. The average molecular weight is 201 g/mol. The summed E-state index contributed by atoms with van der Waals surface area (Å²) in [4.78, 5) is 11.3. The summed E-state index contributed by atoms with van der Waals surface area (Å²) in [6.45, 7) is 7.13. The lowest BCUT2D eigenvalue weighted by atomic mass is 10.1. The van der Waals surface area contributed by atoms with Gasteiger partial charge in [-0.05, 0) is 24.7 Å². The molecule has 0 saturated carbocycles. The van der Waals surface area contributed by atoms with E-state index in [4.69, 9.17) is 5.11 Å². The smallest absolute Gasteiger partial charge is 0.220 e. The molecule has 0 aliphatic rings. The van der Waals surface area contributed by atoms with Gasteiger partial charge in [0.25, 0.3) is 0 Å². The lowest BCUT2D eigenvalue weighted by molar-refractivity contribution is -0.121. The van der Waals surface area contributed by atoms with Crippen LogP contribution >= 0.6 is 0 Å². The predicted octanol–water partition coefficient (Wildman–Crippen LogP) is 1.56. The molecular weight excluding hydrogens is 178 g/mol. The zero-order valence-corrected chi connectivity index (χ0v) is 9.55. The van der Waals surface area contributed by atoms with Crippen molar-refractivity contribution in [3.63, 3.8) is 0 Å². The van der Waals surface area contributed by atoms with Crippen LogP contribution in [0, 0.1) is 11.8 Å². The molecule has 0 heterocycles. The molecule has 0 fully saturated rings. The van der Waals surface area contributed by atoms with Crippen LogP contribution in [0.15, 0.2) is 0 Å². The molecule has 0 saturated heterocycles. The van der Waals surface area contributed by atoms with Gasteiger partial charge >= 0.3 is 0 Å². The van der Waals surface area contributed by atoms with Crippen LogP contribution in [0.4, 0.5) is 0 Å². The number of amides is 1. The van der Waals surface area contributed by atoms with Crippen molar-refractivity contribution >= 4 is 5.91 Å². The third kappa shape index (κ3) is 8.05. The molecule has 0 aliphatic carbocycles. The van der Waals surface area contributed by atoms with E-state index >= 15 is 0 Å². The van der Waals surface area contributed by atoms with Gasteiger partial charge in [0, 0.05) is 19.6 Å². The number of carbonyl (C=O) groups is 1. The van der Waals surface area contributed by atoms with Crippen molar-refractivity contribution < 1.29 is 9.90 Å². The number of aliphatic hydroxyl groups excluding tert-OH is 1. The maximum Gasteiger partial charge on any atom is 0.220 e. The fourth-order valence-corrected chi connectivity index (χ4v) is 1.12. The molecule has 0 aliphatic heterocycles. The predicted molar refractivity (Wildman–Crippen MR) is 57.9 cm³/mol. The summed E-state index contributed by atoms with van der Waals surface area (Å²) >= 11 is 0. The van der Waals surface area contributed by atoms with E-state index < -0.39 is 0 Å². The molecule has 2 N–H and O–H groups in total. The highest BCUT2D eigenvalue weighted by Gasteiger charge is 2.05. The summed E-state index contributed by atoms with van der Waals surface area (Å²) in [6.07, 6.45) is 2.31. The van der Waals surface area contributed by atoms with Crippen LogP contribution in [-0.4, -0.2) is 24.2 Å². The van der Waals surface area contributed by atoms with Gasteiger partial charge in [-0.1, -0.05) is 20.8 Å². The van der Waals surface area contributed by atoms with Crippen molar-refractivity contribution in [1.29, 1.82) is 0 Å². The molecule has 3 heteroatoms. The van der Waals surface area contributed by atoms with E-state index in [1.54, 1.807) is 0 Å². The normalized spacial score (nSPS) is 12.9. The maximum absolute atomic E-state index is 11.3. The van der Waals surface area contributed by atoms with Gasteiger partial charge in [0.1, 0.15) is 0 Å². The highest BCUT2D eigenvalue weighted by Crippen LogP contribution is 2.03. The van der Waals surface area contributed by atoms with E-state index in [2.05, 4.69) is 19.2 Å². The fraction of sp³-hybridized carbons (Fsp3) is 0.909. The summed E-state index contributed by atoms with van der Waals surface area (Å²) in [6, 6.07) is 0. The maximum atomic E-state index is 11.3. The summed E-state index contributed by atoms with van der Waals surface area (Å²) in [5.74, 6) is 1.07. The molecule has 0 radical (unpaired) electrons. The van der Waals surface area contributed by atoms with E-state index in [9.17, 15) is 4.79 Å². The molecule has 1 atom stereocenters. The molecule has 0 aromatic rings. The molecule has 3 nitrogen and oxygen atoms in total. The van der Waals surface area contributed by atoms with Crippen LogP contribution in [-0.2, 0) is 4.79 Å². The van der Waals surface area contributed by atoms with Crippen molar-refractivity contribution in [3.05, 3.63) is 0 Å². The minimum absolute atomic E-state index is 0.128. The molecule has 1 unspecified atom stereocenters. The number of rotatable bonds is 7. The Kier molecular flexibility index (Phi) is 7.48. The number of carbonyl (C=O) groups excluding carboxylic acids is 1. The Balaban J connectivity index is 3.43. The van der Waals surface area contributed by atoms with Gasteiger partial charge in [0.15, 0.2) is 0 Å². The van der Waals surface area contributed by atoms with Crippen LogP contribution in [0.3, 0.4) is 0 Å². The van der Waals surface area contributed by atoms with Gasteiger partial charge in [-0.3, -0.25) is 4.79 Å². The van der Waals surface area contributed by atoms with Crippen molar-refractivity contribution in [1.82, 2.24) is 5.32 Å². The molecule has 14 heavy (non-hydrogen) atoms. The standard InChI is InChI=1S/C11H23NO2/c1-9(2)4-5-11(14)12-8-10(3)6-7-13/h9-10,13H,4-8H2,1-3H3,(H,12,14). The Labute approximate surface area is 86.9 Å². The monoisotopic (exact) mass is 201 g/mol. The topological polar surface area (TPSA) is 49.3 Å². The Morgan fingerprint density at radius 1 is 1.29 bits per heavy atom. The molecular formula is C11H23NO2. The van der Waals surface area contributed by atoms with Crippen molar-refractivity contribution in [2.45, 2.75) is 40.0 Å². The molecule has 0 rings (SSSR count). The first-order valence-corrected chi connectivity index (χ1v) is 5.43. The van der Waals surface area contributed by atoms with Crippen LogP contribution in [0.5, 0.6) is 0 Å². The Hall–Kier alpha value is -0.570. The lowest BCUT2D eigenvalue weighted by Crippen LogP contribution is -2.28. The van der Waals surface area contributed by atoms with E-state index in [-0.39, 0.29) is 12.5 Å². The number of aliphatic hydroxyl groups is 1. The minimum atomic E-state index is 0.128. The second-order valence-electron chi connectivity index (χ2n) is 4.35. The molecule has 0 aromatic carbocycles. The first kappa shape index (κ1) is 13.4. The van der Waals surface area contributed by atoms with E-state index in [0.29, 0.717) is 24.8 Å². The summed E-state index contributed by atoms with van der Waals surface area (Å²) in [5, 5.41) is 11.5. The van der Waals surface area contributed by atoms with Gasteiger partial charge < -0.3 is 10.4 Å². The SMILES string of the molecule is CC(C)CCC(=O)NCC(C)CCO. The second kappa shape index (κ2) is 7.80. The van der Waals surface area contributed by atoms with Crippen molar-refractivity contribution in [3.8, 4) is 0 Å². The molecule has 0 bridgehead atoms. The summed E-state index contributed by atoms with van der Waals surface area (Å²) < 4.78 is 0. The van der Waals surface area contributed by atoms with E-state index in [0.717, 1.165) is 12.8 Å². The Morgan fingerprint density at radius 2 is 1.93 bits per heavy atom. The van der Waals surface area contributed by atoms with Crippen molar-refractivity contribution in [2.75, 3.05) is 13.2 Å². The minimum Gasteiger partial charge on any atom is -0.396 e. The summed E-state index contributed by atoms with van der Waals surface area (Å²) in [7, 11) is 0. The molecule has 0 aromatic heterocycles. The lowest BCUT2D eigenvalue weighted by Gasteiger charge is -2.11. The van der Waals surface area contributed by atoms with Crippen LogP contribution in [0.2, 0.25) is 0 Å². The summed E-state index contributed by atoms with van der Waals surface area (Å²) in [5.41, 5.74) is 0. The third-order valence-electron chi connectivity index (χ3n) is 2.22. The number of hydrogen-bond acceptors (Lipinski definition) is 2. The largest absolute Gasteiger partial charge is 0.396 e. The zero-order chi connectivity index (χ0) is 11.0. The number of nitrogens with one attached hydrogen (secondary N) is 1. The van der Waals surface area contributed by atoms with Gasteiger partial charge in [0.2, 0.25) is 5.91 Å². The second-order valence-corrected chi connectivity index (χ2v) is 4.35. The van der Waals surface area contributed by atoms with Gasteiger partial charge in [0.05, 0.1) is 0 Å². The Bertz CT molecular complexity index is 157. The highest BCUT2D eigenvalue weighted by atomic mass is 16.3. The molecule has 0 spiro atoms.